The van der Waals surface area contributed by atoms with Crippen molar-refractivity contribution < 1.29 is 9.90 Å². The van der Waals surface area contributed by atoms with Crippen LogP contribution in [0.5, 0.6) is 0 Å². The topological polar surface area (TPSA) is 52.6 Å². The van der Waals surface area contributed by atoms with Crippen LogP contribution in [-0.4, -0.2) is 47.7 Å². The van der Waals surface area contributed by atoms with Crippen molar-refractivity contribution in [3.8, 4) is 0 Å². The van der Waals surface area contributed by atoms with Crippen LogP contribution in [0, 0.1) is 0 Å². The summed E-state index contributed by atoms with van der Waals surface area (Å²) in [6.45, 7) is 7.99. The van der Waals surface area contributed by atoms with Gasteiger partial charge in [-0.3, -0.25) is 4.79 Å². The monoisotopic (exact) mass is 216 g/mol. The number of nitrogens with one attached hydrogen (secondary N) is 1. The lowest BCUT2D eigenvalue weighted by atomic mass is 9.93. The molecule has 2 unspecified atom stereocenters. The van der Waals surface area contributed by atoms with Crippen molar-refractivity contribution in [1.29, 1.82) is 0 Å². The van der Waals surface area contributed by atoms with Crippen LogP contribution in [0.1, 0.15) is 34.1 Å². The van der Waals surface area contributed by atoms with Crippen LogP contribution in [0.4, 0.5) is 0 Å². The van der Waals surface area contributed by atoms with Crippen molar-refractivity contribution in [2.24, 2.45) is 0 Å². The van der Waals surface area contributed by atoms with Crippen LogP contribution in [0.3, 0.4) is 0 Å². The standard InChI is InChI=1S/C11H24N2O2/c1-8(2)13(6)9(3)7-11(4,12-5)10(14)15/h8-9,12H,7H2,1-6H3,(H,14,15). The molecule has 0 saturated carbocycles. The van der Waals surface area contributed by atoms with Crippen LogP contribution in [0.25, 0.3) is 0 Å². The molecule has 0 aliphatic carbocycles. The molecule has 0 fully saturated rings. The molecule has 0 amide bonds. The molecular weight excluding hydrogens is 192 g/mol. The summed E-state index contributed by atoms with van der Waals surface area (Å²) in [6, 6.07) is 0.661. The number of nitrogens with zero attached hydrogens (tertiary/aromatic N) is 1. The van der Waals surface area contributed by atoms with Gasteiger partial charge in [0.2, 0.25) is 0 Å². The van der Waals surface area contributed by atoms with Crippen LogP contribution in [-0.2, 0) is 4.79 Å². The highest BCUT2D eigenvalue weighted by Crippen LogP contribution is 2.16. The van der Waals surface area contributed by atoms with Gasteiger partial charge in [-0.2, -0.15) is 0 Å². The van der Waals surface area contributed by atoms with Gasteiger partial charge in [-0.05, 0) is 48.2 Å². The third-order valence-corrected chi connectivity index (χ3v) is 3.24. The second-order valence-corrected chi connectivity index (χ2v) is 4.70. The Morgan fingerprint density at radius 2 is 1.93 bits per heavy atom. The summed E-state index contributed by atoms with van der Waals surface area (Å²) in [5, 5.41) is 12.0. The van der Waals surface area contributed by atoms with Gasteiger partial charge in [0.15, 0.2) is 0 Å². The number of hydrogen-bond donors (Lipinski definition) is 2. The van der Waals surface area contributed by atoms with Crippen molar-refractivity contribution >= 4 is 5.97 Å². The van der Waals surface area contributed by atoms with E-state index in [1.165, 1.54) is 0 Å². The second-order valence-electron chi connectivity index (χ2n) is 4.70. The van der Waals surface area contributed by atoms with E-state index < -0.39 is 11.5 Å². The fraction of sp³-hybridized carbons (Fsp3) is 0.909. The van der Waals surface area contributed by atoms with E-state index in [2.05, 4.69) is 31.0 Å². The average Bonchev–Trinajstić information content (AvgIpc) is 2.15. The molecule has 0 aliphatic heterocycles. The molecule has 0 aromatic rings. The van der Waals surface area contributed by atoms with Gasteiger partial charge >= 0.3 is 5.97 Å². The predicted octanol–water partition coefficient (Wildman–Crippen LogP) is 1.17. The highest BCUT2D eigenvalue weighted by atomic mass is 16.4. The molecule has 0 rings (SSSR count). The first kappa shape index (κ1) is 14.4. The highest BCUT2D eigenvalue weighted by molar-refractivity contribution is 5.78. The molecule has 0 spiro atoms. The number of carboxylic acids is 1. The Hall–Kier alpha value is -0.610. The lowest BCUT2D eigenvalue weighted by molar-refractivity contribution is -0.144. The predicted molar refractivity (Wildman–Crippen MR) is 62.1 cm³/mol. The Balaban J connectivity index is 4.49. The van der Waals surface area contributed by atoms with Gasteiger partial charge in [0, 0.05) is 12.1 Å². The zero-order chi connectivity index (χ0) is 12.2. The molecule has 0 saturated heterocycles. The van der Waals surface area contributed by atoms with E-state index >= 15 is 0 Å². The number of carboxylic acid groups (broad SMARTS) is 1. The van der Waals surface area contributed by atoms with Crippen molar-refractivity contribution in [3.05, 3.63) is 0 Å². The molecule has 4 heteroatoms. The first-order chi connectivity index (χ1) is 6.74. The first-order valence-corrected chi connectivity index (χ1v) is 5.39. The molecule has 15 heavy (non-hydrogen) atoms. The first-order valence-electron chi connectivity index (χ1n) is 5.39. The molecule has 4 nitrogen and oxygen atoms in total. The lowest BCUT2D eigenvalue weighted by Gasteiger charge is -2.34. The maximum atomic E-state index is 11.1. The molecule has 0 aromatic heterocycles. The summed E-state index contributed by atoms with van der Waals surface area (Å²) in [5.74, 6) is -0.797. The van der Waals surface area contributed by atoms with Crippen LogP contribution < -0.4 is 5.32 Å². The lowest BCUT2D eigenvalue weighted by Crippen LogP contribution is -2.52. The smallest absolute Gasteiger partial charge is 0.323 e. The maximum Gasteiger partial charge on any atom is 0.323 e. The van der Waals surface area contributed by atoms with E-state index in [1.807, 2.05) is 7.05 Å². The molecule has 0 bridgehead atoms. The third-order valence-electron chi connectivity index (χ3n) is 3.24. The zero-order valence-electron chi connectivity index (χ0n) is 10.7. The molecule has 0 heterocycles. The minimum atomic E-state index is -0.845. The summed E-state index contributed by atoms with van der Waals surface area (Å²) in [7, 11) is 3.71. The van der Waals surface area contributed by atoms with E-state index in [1.54, 1.807) is 14.0 Å². The summed E-state index contributed by atoms with van der Waals surface area (Å²) < 4.78 is 0. The Morgan fingerprint density at radius 3 is 2.20 bits per heavy atom. The molecular formula is C11H24N2O2. The van der Waals surface area contributed by atoms with E-state index in [0.29, 0.717) is 12.5 Å². The summed E-state index contributed by atoms with van der Waals surface area (Å²) in [5.41, 5.74) is -0.845. The minimum Gasteiger partial charge on any atom is -0.480 e. The Kier molecular flexibility index (Phi) is 5.24. The second kappa shape index (κ2) is 5.47. The summed E-state index contributed by atoms with van der Waals surface area (Å²) in [4.78, 5) is 13.3. The van der Waals surface area contributed by atoms with Gasteiger partial charge in [-0.15, -0.1) is 0 Å². The van der Waals surface area contributed by atoms with E-state index in [0.717, 1.165) is 0 Å². The van der Waals surface area contributed by atoms with E-state index in [9.17, 15) is 4.79 Å². The fourth-order valence-electron chi connectivity index (χ4n) is 1.54. The quantitative estimate of drug-likeness (QED) is 0.700. The number of likely N-dealkylation sites (N-methyl/N-ethyl adjacent to an activating group) is 1. The minimum absolute atomic E-state index is 0.235. The van der Waals surface area contributed by atoms with E-state index in [4.69, 9.17) is 5.11 Å². The van der Waals surface area contributed by atoms with Crippen molar-refractivity contribution in [2.45, 2.75) is 51.7 Å². The Morgan fingerprint density at radius 1 is 1.47 bits per heavy atom. The van der Waals surface area contributed by atoms with Gasteiger partial charge < -0.3 is 15.3 Å². The Labute approximate surface area is 92.7 Å². The van der Waals surface area contributed by atoms with Gasteiger partial charge in [-0.1, -0.05) is 0 Å². The van der Waals surface area contributed by atoms with Crippen molar-refractivity contribution in [2.75, 3.05) is 14.1 Å². The molecule has 2 atom stereocenters. The van der Waals surface area contributed by atoms with Gasteiger partial charge in [0.1, 0.15) is 5.54 Å². The normalized spacial score (nSPS) is 17.9. The third kappa shape index (κ3) is 3.80. The average molecular weight is 216 g/mol. The molecule has 0 aliphatic rings. The fourth-order valence-corrected chi connectivity index (χ4v) is 1.54. The summed E-state index contributed by atoms with van der Waals surface area (Å²) in [6.07, 6.45) is 0.591. The zero-order valence-corrected chi connectivity index (χ0v) is 10.7. The van der Waals surface area contributed by atoms with Gasteiger partial charge in [0.25, 0.3) is 0 Å². The maximum absolute atomic E-state index is 11.1. The van der Waals surface area contributed by atoms with Crippen LogP contribution >= 0.6 is 0 Å². The van der Waals surface area contributed by atoms with E-state index in [-0.39, 0.29) is 6.04 Å². The van der Waals surface area contributed by atoms with Crippen LogP contribution in [0.15, 0.2) is 0 Å². The SMILES string of the molecule is CNC(C)(CC(C)N(C)C(C)C)C(=O)O. The molecule has 90 valence electrons. The number of aliphatic carboxylic acids is 1. The van der Waals surface area contributed by atoms with Crippen LogP contribution in [0.2, 0.25) is 0 Å². The number of hydrogen-bond acceptors (Lipinski definition) is 3. The van der Waals surface area contributed by atoms with Gasteiger partial charge in [-0.25, -0.2) is 0 Å². The molecule has 2 N–H and O–H groups in total. The van der Waals surface area contributed by atoms with Crippen molar-refractivity contribution in [1.82, 2.24) is 10.2 Å². The number of rotatable bonds is 6. The highest BCUT2D eigenvalue weighted by Gasteiger charge is 2.34. The van der Waals surface area contributed by atoms with Crippen molar-refractivity contribution in [3.63, 3.8) is 0 Å². The number of carbonyl (C=O) groups is 1. The molecule has 0 aromatic carbocycles. The largest absolute Gasteiger partial charge is 0.480 e. The Bertz CT molecular complexity index is 219. The van der Waals surface area contributed by atoms with Gasteiger partial charge in [0.05, 0.1) is 0 Å². The summed E-state index contributed by atoms with van der Waals surface area (Å²) >= 11 is 0. The molecule has 0 radical (unpaired) electrons.